The van der Waals surface area contributed by atoms with Crippen molar-refractivity contribution in [2.75, 3.05) is 0 Å². The van der Waals surface area contributed by atoms with Crippen molar-refractivity contribution in [3.8, 4) is 0 Å². The minimum absolute atomic E-state index is 0.0965. The fourth-order valence-electron chi connectivity index (χ4n) is 1.92. The highest BCUT2D eigenvalue weighted by atomic mass is 32.2. The largest absolute Gasteiger partial charge is 0.481 e. The van der Waals surface area contributed by atoms with Crippen molar-refractivity contribution >= 4 is 16.0 Å². The predicted molar refractivity (Wildman–Crippen MR) is 78.5 cm³/mol. The molecular formula is C13H23N3O4S. The third-order valence-corrected chi connectivity index (χ3v) is 6.11. The molecule has 120 valence electrons. The topological polar surface area (TPSA) is 101 Å². The molecule has 7 nitrogen and oxygen atoms in total. The molecule has 1 aromatic heterocycles. The predicted octanol–water partition coefficient (Wildman–Crippen LogP) is 1.20. The summed E-state index contributed by atoms with van der Waals surface area (Å²) in [7, 11) is -2.21. The second-order valence-electron chi connectivity index (χ2n) is 6.28. The molecule has 0 amide bonds. The van der Waals surface area contributed by atoms with Crippen LogP contribution in [-0.2, 0) is 21.9 Å². The van der Waals surface area contributed by atoms with Crippen LogP contribution in [0.25, 0.3) is 0 Å². The van der Waals surface area contributed by atoms with E-state index in [9.17, 15) is 18.3 Å². The van der Waals surface area contributed by atoms with E-state index in [0.717, 1.165) is 0 Å². The molecule has 0 aromatic carbocycles. The second kappa shape index (κ2) is 5.10. The van der Waals surface area contributed by atoms with Crippen LogP contribution in [0.5, 0.6) is 0 Å². The van der Waals surface area contributed by atoms with Crippen LogP contribution in [0, 0.1) is 19.3 Å². The Morgan fingerprint density at radius 3 is 2.05 bits per heavy atom. The monoisotopic (exact) mass is 317 g/mol. The number of carboxylic acids is 1. The number of nitrogens with zero attached hydrogens (tertiary/aromatic N) is 2. The molecule has 0 radical (unpaired) electrons. The van der Waals surface area contributed by atoms with Gasteiger partial charge in [0.1, 0.15) is 4.90 Å². The molecule has 0 saturated heterocycles. The summed E-state index contributed by atoms with van der Waals surface area (Å²) in [5.74, 6) is -1.07. The molecule has 0 aliphatic rings. The van der Waals surface area contributed by atoms with E-state index < -0.39 is 26.9 Å². The van der Waals surface area contributed by atoms with E-state index in [1.807, 2.05) is 0 Å². The lowest BCUT2D eigenvalue weighted by Gasteiger charge is -2.38. The van der Waals surface area contributed by atoms with E-state index in [-0.39, 0.29) is 4.90 Å². The zero-order chi connectivity index (χ0) is 16.8. The van der Waals surface area contributed by atoms with E-state index in [0.29, 0.717) is 11.4 Å². The first-order chi connectivity index (χ1) is 9.24. The first kappa shape index (κ1) is 17.6. The van der Waals surface area contributed by atoms with Gasteiger partial charge in [-0.05, 0) is 41.5 Å². The number of hydrogen-bond acceptors (Lipinski definition) is 4. The number of carboxylic acid groups (broad SMARTS) is 1. The molecule has 1 rings (SSSR count). The first-order valence-electron chi connectivity index (χ1n) is 6.51. The maximum absolute atomic E-state index is 12.6. The Kier molecular flexibility index (Phi) is 4.28. The van der Waals surface area contributed by atoms with Gasteiger partial charge in [-0.2, -0.15) is 5.10 Å². The van der Waals surface area contributed by atoms with Crippen LogP contribution in [0.3, 0.4) is 0 Å². The summed E-state index contributed by atoms with van der Waals surface area (Å²) in [4.78, 5) is 11.5. The molecule has 0 unspecified atom stereocenters. The van der Waals surface area contributed by atoms with Gasteiger partial charge in [0.05, 0.1) is 16.8 Å². The Hall–Kier alpha value is -1.41. The molecular weight excluding hydrogens is 294 g/mol. The Morgan fingerprint density at radius 1 is 1.24 bits per heavy atom. The Labute approximate surface area is 125 Å². The van der Waals surface area contributed by atoms with E-state index in [2.05, 4.69) is 9.82 Å². The van der Waals surface area contributed by atoms with E-state index in [1.54, 1.807) is 34.7 Å². The normalized spacial score (nSPS) is 13.5. The molecule has 0 saturated carbocycles. The van der Waals surface area contributed by atoms with Gasteiger partial charge in [0.15, 0.2) is 0 Å². The third-order valence-electron chi connectivity index (χ3n) is 4.20. The van der Waals surface area contributed by atoms with Crippen LogP contribution in [0.4, 0.5) is 0 Å². The van der Waals surface area contributed by atoms with Crippen LogP contribution < -0.4 is 4.72 Å². The number of aliphatic carboxylic acids is 1. The number of aryl methyl sites for hydroxylation is 2. The summed E-state index contributed by atoms with van der Waals surface area (Å²) < 4.78 is 29.2. The van der Waals surface area contributed by atoms with Gasteiger partial charge in [-0.15, -0.1) is 0 Å². The third kappa shape index (κ3) is 2.96. The Balaban J connectivity index is 3.32. The highest BCUT2D eigenvalue weighted by molar-refractivity contribution is 7.89. The maximum Gasteiger partial charge on any atom is 0.310 e. The summed E-state index contributed by atoms with van der Waals surface area (Å²) in [6.07, 6.45) is 0. The van der Waals surface area contributed by atoms with Crippen molar-refractivity contribution in [1.82, 2.24) is 14.5 Å². The lowest BCUT2D eigenvalue weighted by Crippen LogP contribution is -2.56. The molecule has 1 aromatic rings. The molecule has 0 fully saturated rings. The van der Waals surface area contributed by atoms with Crippen LogP contribution in [0.1, 0.15) is 39.1 Å². The van der Waals surface area contributed by atoms with Gasteiger partial charge in [-0.25, -0.2) is 13.1 Å². The summed E-state index contributed by atoms with van der Waals surface area (Å²) in [6.45, 7) is 9.35. The fraction of sp³-hybridized carbons (Fsp3) is 0.692. The summed E-state index contributed by atoms with van der Waals surface area (Å²) in [5.41, 5.74) is -1.56. The highest BCUT2D eigenvalue weighted by Gasteiger charge is 2.46. The number of aromatic nitrogens is 2. The average Bonchev–Trinajstić information content (AvgIpc) is 2.50. The summed E-state index contributed by atoms with van der Waals surface area (Å²) in [6, 6.07) is 0. The van der Waals surface area contributed by atoms with E-state index in [4.69, 9.17) is 0 Å². The van der Waals surface area contributed by atoms with Crippen LogP contribution in [-0.4, -0.2) is 34.8 Å². The summed E-state index contributed by atoms with van der Waals surface area (Å²) in [5, 5.41) is 13.4. The molecule has 0 aliphatic carbocycles. The van der Waals surface area contributed by atoms with Crippen molar-refractivity contribution in [1.29, 1.82) is 0 Å². The Bertz CT molecular complexity index is 672. The lowest BCUT2D eigenvalue weighted by atomic mass is 9.75. The van der Waals surface area contributed by atoms with E-state index >= 15 is 0 Å². The first-order valence-corrected chi connectivity index (χ1v) is 8.00. The van der Waals surface area contributed by atoms with Gasteiger partial charge in [0.2, 0.25) is 10.0 Å². The number of carbonyl (C=O) groups is 1. The second-order valence-corrected chi connectivity index (χ2v) is 7.90. The molecule has 8 heteroatoms. The Morgan fingerprint density at radius 2 is 1.71 bits per heavy atom. The van der Waals surface area contributed by atoms with Crippen molar-refractivity contribution in [3.05, 3.63) is 11.4 Å². The molecule has 0 spiro atoms. The van der Waals surface area contributed by atoms with Gasteiger partial charge < -0.3 is 5.11 Å². The molecule has 0 aliphatic heterocycles. The number of hydrogen-bond donors (Lipinski definition) is 2. The highest BCUT2D eigenvalue weighted by Crippen LogP contribution is 2.33. The number of sulfonamides is 1. The van der Waals surface area contributed by atoms with Crippen LogP contribution >= 0.6 is 0 Å². The van der Waals surface area contributed by atoms with Crippen LogP contribution in [0.15, 0.2) is 4.90 Å². The molecule has 2 N–H and O–H groups in total. The van der Waals surface area contributed by atoms with Crippen molar-refractivity contribution < 1.29 is 18.3 Å². The quantitative estimate of drug-likeness (QED) is 0.850. The molecule has 21 heavy (non-hydrogen) atoms. The molecule has 0 bridgehead atoms. The minimum atomic E-state index is -3.87. The SMILES string of the molecule is Cc1nn(C)c(C)c1S(=O)(=O)NC(C)(C)C(C)(C)C(=O)O. The van der Waals surface area contributed by atoms with E-state index in [1.165, 1.54) is 18.5 Å². The van der Waals surface area contributed by atoms with Gasteiger partial charge in [-0.3, -0.25) is 9.48 Å². The minimum Gasteiger partial charge on any atom is -0.481 e. The van der Waals surface area contributed by atoms with Gasteiger partial charge in [-0.1, -0.05) is 0 Å². The zero-order valence-electron chi connectivity index (χ0n) is 13.5. The van der Waals surface area contributed by atoms with Crippen molar-refractivity contribution in [3.63, 3.8) is 0 Å². The van der Waals surface area contributed by atoms with Crippen molar-refractivity contribution in [2.45, 2.75) is 52.0 Å². The number of rotatable bonds is 5. The van der Waals surface area contributed by atoms with Gasteiger partial charge >= 0.3 is 5.97 Å². The average molecular weight is 317 g/mol. The summed E-state index contributed by atoms with van der Waals surface area (Å²) >= 11 is 0. The lowest BCUT2D eigenvalue weighted by molar-refractivity contribution is -0.150. The van der Waals surface area contributed by atoms with Crippen molar-refractivity contribution in [2.24, 2.45) is 12.5 Å². The van der Waals surface area contributed by atoms with Crippen LogP contribution in [0.2, 0.25) is 0 Å². The zero-order valence-corrected chi connectivity index (χ0v) is 14.3. The number of nitrogens with one attached hydrogen (secondary N) is 1. The molecule has 0 atom stereocenters. The molecule has 1 heterocycles. The van der Waals surface area contributed by atoms with Gasteiger partial charge in [0.25, 0.3) is 0 Å². The standard InChI is InChI=1S/C13H23N3O4S/c1-8-10(9(2)16(7)14-8)21(19,20)15-13(5,6)12(3,4)11(17)18/h15H,1-7H3,(H,17,18). The smallest absolute Gasteiger partial charge is 0.310 e. The fourth-order valence-corrected chi connectivity index (χ4v) is 3.90. The van der Waals surface area contributed by atoms with Gasteiger partial charge in [0, 0.05) is 12.6 Å². The maximum atomic E-state index is 12.6.